The lowest BCUT2D eigenvalue weighted by Crippen LogP contribution is -2.20. The Morgan fingerprint density at radius 2 is 1.93 bits per heavy atom. The first-order valence-electron chi connectivity index (χ1n) is 5.96. The van der Waals surface area contributed by atoms with E-state index < -0.39 is 8.07 Å². The highest BCUT2D eigenvalue weighted by Gasteiger charge is 2.24. The highest BCUT2D eigenvalue weighted by atomic mass is 28.3. The van der Waals surface area contributed by atoms with Crippen LogP contribution >= 0.6 is 0 Å². The quantitative estimate of drug-likeness (QED) is 0.451. The van der Waals surface area contributed by atoms with Crippen LogP contribution in [-0.2, 0) is 0 Å². The van der Waals surface area contributed by atoms with Gasteiger partial charge in [0, 0.05) is 8.07 Å². The van der Waals surface area contributed by atoms with Gasteiger partial charge in [-0.05, 0) is 37.1 Å². The van der Waals surface area contributed by atoms with Gasteiger partial charge in [0.15, 0.2) is 0 Å². The maximum atomic E-state index is 2.56. The van der Waals surface area contributed by atoms with Crippen LogP contribution in [0.3, 0.4) is 0 Å². The molecule has 1 saturated carbocycles. The number of hydrogen-bond acceptors (Lipinski definition) is 0. The summed E-state index contributed by atoms with van der Waals surface area (Å²) < 4.78 is 0. The van der Waals surface area contributed by atoms with Gasteiger partial charge in [-0.1, -0.05) is 45.1 Å². The summed E-state index contributed by atoms with van der Waals surface area (Å²) in [5, 5.41) is 0. The molecule has 0 nitrogen and oxygen atoms in total. The summed E-state index contributed by atoms with van der Waals surface area (Å²) in [5.74, 6) is 0. The van der Waals surface area contributed by atoms with Gasteiger partial charge >= 0.3 is 0 Å². The molecule has 1 aliphatic rings. The highest BCUT2D eigenvalue weighted by molar-refractivity contribution is 6.76. The standard InChI is InChI=1S/C13H26Si/c1-13(2)9-6-7-12(11-13)8-10-14(3,4)5/h8H,6-7,9-11H2,1-5H3/b12-8+. The average Bonchev–Trinajstić information content (AvgIpc) is 1.98. The largest absolute Gasteiger partial charge is 0.0880 e. The Kier molecular flexibility index (Phi) is 3.62. The second-order valence-corrected chi connectivity index (χ2v) is 12.4. The van der Waals surface area contributed by atoms with Gasteiger partial charge in [0.25, 0.3) is 0 Å². The van der Waals surface area contributed by atoms with E-state index in [0.29, 0.717) is 5.41 Å². The molecule has 0 bridgehead atoms. The minimum absolute atomic E-state index is 0.573. The van der Waals surface area contributed by atoms with Crippen molar-refractivity contribution < 1.29 is 0 Å². The molecule has 1 fully saturated rings. The van der Waals surface area contributed by atoms with E-state index in [1.165, 1.54) is 31.7 Å². The molecule has 1 aliphatic carbocycles. The van der Waals surface area contributed by atoms with Gasteiger partial charge in [-0.15, -0.1) is 0 Å². The van der Waals surface area contributed by atoms with Gasteiger partial charge in [0.05, 0.1) is 0 Å². The average molecular weight is 210 g/mol. The summed E-state index contributed by atoms with van der Waals surface area (Å²) in [4.78, 5) is 0. The van der Waals surface area contributed by atoms with Crippen molar-refractivity contribution in [1.82, 2.24) is 0 Å². The van der Waals surface area contributed by atoms with E-state index in [4.69, 9.17) is 0 Å². The van der Waals surface area contributed by atoms with E-state index in [9.17, 15) is 0 Å². The van der Waals surface area contributed by atoms with Gasteiger partial charge in [-0.3, -0.25) is 0 Å². The highest BCUT2D eigenvalue weighted by Crippen LogP contribution is 2.38. The summed E-state index contributed by atoms with van der Waals surface area (Å²) in [7, 11) is -0.864. The maximum absolute atomic E-state index is 2.56. The topological polar surface area (TPSA) is 0 Å². The smallest absolute Gasteiger partial charge is 0.0480 e. The van der Waals surface area contributed by atoms with Crippen LogP contribution in [0.15, 0.2) is 11.6 Å². The Labute approximate surface area is 90.8 Å². The molecule has 0 aromatic carbocycles. The Hall–Kier alpha value is -0.0431. The first-order chi connectivity index (χ1) is 6.29. The van der Waals surface area contributed by atoms with Crippen molar-refractivity contribution in [3.63, 3.8) is 0 Å². The third-order valence-corrected chi connectivity index (χ3v) is 4.49. The second kappa shape index (κ2) is 4.22. The van der Waals surface area contributed by atoms with E-state index in [0.717, 1.165) is 0 Å². The molecular weight excluding hydrogens is 184 g/mol. The van der Waals surface area contributed by atoms with Crippen LogP contribution in [-0.4, -0.2) is 8.07 Å². The van der Waals surface area contributed by atoms with E-state index in [1.807, 2.05) is 0 Å². The van der Waals surface area contributed by atoms with Crippen LogP contribution in [0.5, 0.6) is 0 Å². The fourth-order valence-electron chi connectivity index (χ4n) is 2.21. The summed E-state index contributed by atoms with van der Waals surface area (Å²) >= 11 is 0. The van der Waals surface area contributed by atoms with Gasteiger partial charge < -0.3 is 0 Å². The maximum Gasteiger partial charge on any atom is 0.0480 e. The fraction of sp³-hybridized carbons (Fsp3) is 0.846. The molecule has 82 valence electrons. The van der Waals surface area contributed by atoms with Crippen molar-refractivity contribution in [3.8, 4) is 0 Å². The zero-order valence-electron chi connectivity index (χ0n) is 10.6. The van der Waals surface area contributed by atoms with Crippen LogP contribution in [0.2, 0.25) is 25.7 Å². The zero-order valence-corrected chi connectivity index (χ0v) is 11.6. The molecule has 0 aromatic rings. The van der Waals surface area contributed by atoms with Crippen LogP contribution < -0.4 is 0 Å². The Balaban J connectivity index is 2.52. The van der Waals surface area contributed by atoms with Gasteiger partial charge in [-0.25, -0.2) is 0 Å². The molecule has 14 heavy (non-hydrogen) atoms. The summed E-state index contributed by atoms with van der Waals surface area (Å²) in [6, 6.07) is 1.37. The van der Waals surface area contributed by atoms with E-state index in [-0.39, 0.29) is 0 Å². The van der Waals surface area contributed by atoms with Crippen LogP contribution in [0.1, 0.15) is 39.5 Å². The van der Waals surface area contributed by atoms with Crippen molar-refractivity contribution in [1.29, 1.82) is 0 Å². The normalized spacial score (nSPS) is 25.4. The molecule has 1 rings (SSSR count). The summed E-state index contributed by atoms with van der Waals surface area (Å²) in [5.41, 5.74) is 2.31. The lowest BCUT2D eigenvalue weighted by Gasteiger charge is -2.31. The molecular formula is C13H26Si. The third kappa shape index (κ3) is 4.45. The molecule has 0 spiro atoms. The summed E-state index contributed by atoms with van der Waals surface area (Å²) in [6.07, 6.45) is 8.10. The third-order valence-electron chi connectivity index (χ3n) is 3.06. The number of hydrogen-bond donors (Lipinski definition) is 0. The van der Waals surface area contributed by atoms with Gasteiger partial charge in [0.2, 0.25) is 0 Å². The SMILES string of the molecule is CC1(C)CCC/C(=C\C[Si](C)(C)C)C1. The van der Waals surface area contributed by atoms with E-state index in [1.54, 1.807) is 5.57 Å². The Morgan fingerprint density at radius 3 is 2.43 bits per heavy atom. The van der Waals surface area contributed by atoms with Gasteiger partial charge in [0.1, 0.15) is 0 Å². The molecule has 0 N–H and O–H groups in total. The van der Waals surface area contributed by atoms with Crippen molar-refractivity contribution in [3.05, 3.63) is 11.6 Å². The molecule has 0 aliphatic heterocycles. The first kappa shape index (κ1) is 12.0. The molecule has 0 saturated heterocycles. The lowest BCUT2D eigenvalue weighted by molar-refractivity contribution is 0.289. The van der Waals surface area contributed by atoms with Crippen LogP contribution in [0.4, 0.5) is 0 Å². The van der Waals surface area contributed by atoms with Crippen molar-refractivity contribution >= 4 is 8.07 Å². The molecule has 0 amide bonds. The fourth-order valence-corrected chi connectivity index (χ4v) is 3.11. The molecule has 0 radical (unpaired) electrons. The molecule has 0 heterocycles. The predicted molar refractivity (Wildman–Crippen MR) is 68.5 cm³/mol. The minimum Gasteiger partial charge on any atom is -0.0880 e. The van der Waals surface area contributed by atoms with Crippen molar-refractivity contribution in [2.45, 2.75) is 65.2 Å². The number of allylic oxidation sites excluding steroid dienone is 2. The van der Waals surface area contributed by atoms with Crippen LogP contribution in [0, 0.1) is 5.41 Å². The predicted octanol–water partition coefficient (Wildman–Crippen LogP) is 4.85. The van der Waals surface area contributed by atoms with E-state index in [2.05, 4.69) is 39.6 Å². The van der Waals surface area contributed by atoms with E-state index >= 15 is 0 Å². The number of rotatable bonds is 2. The Bertz CT molecular complexity index is 218. The monoisotopic (exact) mass is 210 g/mol. The zero-order chi connectivity index (χ0) is 10.8. The van der Waals surface area contributed by atoms with Gasteiger partial charge in [-0.2, -0.15) is 0 Å². The first-order valence-corrected chi connectivity index (χ1v) is 9.67. The molecule has 0 unspecified atom stereocenters. The summed E-state index contributed by atoms with van der Waals surface area (Å²) in [6.45, 7) is 12.2. The van der Waals surface area contributed by atoms with Crippen molar-refractivity contribution in [2.24, 2.45) is 5.41 Å². The Morgan fingerprint density at radius 1 is 1.29 bits per heavy atom. The minimum atomic E-state index is -0.864. The molecule has 0 aromatic heterocycles. The second-order valence-electron chi connectivity index (χ2n) is 6.82. The van der Waals surface area contributed by atoms with Crippen LogP contribution in [0.25, 0.3) is 0 Å². The lowest BCUT2D eigenvalue weighted by atomic mass is 9.75. The molecule has 0 atom stereocenters. The molecule has 1 heteroatoms. The van der Waals surface area contributed by atoms with Crippen molar-refractivity contribution in [2.75, 3.05) is 0 Å².